The molecule has 1 saturated carbocycles. The summed E-state index contributed by atoms with van der Waals surface area (Å²) in [5.41, 5.74) is -5.74. The van der Waals surface area contributed by atoms with Crippen LogP contribution in [0.2, 0.25) is 0 Å². The minimum Gasteiger partial charge on any atom is -0.508 e. The number of carboxylic acids is 1. The average Bonchev–Trinajstić information content (AvgIpc) is 4.09. The summed E-state index contributed by atoms with van der Waals surface area (Å²) in [6.45, 7) is -0.593. The number of benzene rings is 3. The second-order valence-corrected chi connectivity index (χ2v) is 17.4. The summed E-state index contributed by atoms with van der Waals surface area (Å²) in [7, 11) is 0. The molecule has 346 valence electrons. The summed E-state index contributed by atoms with van der Waals surface area (Å²) in [5.74, 6) is 0.947. The standard InChI is InChI=1S/C48H44N4O15/c49-37-14-13-30(52-37)39(56)36(21-53)63-28-11-9-23(10-12-28)33-18-32(55)38-34(64-33)19-35-41(40(38)57)67-46(25-5-2-8-27(54)16-25)15-3-7-24(46)4-1-6-26-17-29(31-20-50-22-51-31)48(62)42(43(58)59)66-45(65-35)47(26,61)44(48)60/h2,5,8-14,16-19,22,24,29,33,36,39,42,44-45,49,53-57,60-62H,3-4,7,15,20-21H2,(H,58,59)/p+1. The summed E-state index contributed by atoms with van der Waals surface area (Å²) in [5, 5.41) is 109. The molecular formula is C48H45N4O15+. The van der Waals surface area contributed by atoms with Crippen LogP contribution in [0.4, 0.5) is 0 Å². The predicted octanol–water partition coefficient (Wildman–Crippen LogP) is 0.931. The number of phenols is 2. The average molecular weight is 918 g/mol. The zero-order chi connectivity index (χ0) is 47.0. The van der Waals surface area contributed by atoms with E-state index in [2.05, 4.69) is 26.8 Å². The number of aliphatic carboxylic acids is 1. The van der Waals surface area contributed by atoms with Crippen molar-refractivity contribution in [2.45, 2.75) is 79.3 Å². The Hall–Kier alpha value is -7.05. The van der Waals surface area contributed by atoms with Gasteiger partial charge in [-0.05, 0) is 65.7 Å². The number of nitrogens with two attached hydrogens (primary N) is 1. The van der Waals surface area contributed by atoms with Crippen molar-refractivity contribution >= 4 is 35.3 Å². The lowest BCUT2D eigenvalue weighted by Crippen LogP contribution is -2.79. The SMILES string of the molecule is [NH2+]=C1C=CC(C(O)C(CO)Oc2ccc(C3C=C(O)c4c(cc5c(c4O)OC4(c6cccc(O)c6)CCCC4CC#CC4=CC(C6=NC=NC6)C6(O)C(C(=O)O)OC(O5)C4(O)C6O)O3)cc2)=N1. The predicted molar refractivity (Wildman–Crippen MR) is 235 cm³/mol. The number of carboxylic acid groups (broad SMARTS) is 1. The Balaban J connectivity index is 1.07. The van der Waals surface area contributed by atoms with Crippen LogP contribution in [0.3, 0.4) is 0 Å². The van der Waals surface area contributed by atoms with Crippen molar-refractivity contribution in [3.05, 3.63) is 101 Å². The molecule has 7 aliphatic rings. The van der Waals surface area contributed by atoms with Gasteiger partial charge in [0.05, 0.1) is 24.8 Å². The number of amidine groups is 1. The smallest absolute Gasteiger partial charge is 0.336 e. The Bertz CT molecular complexity index is 2830. The highest BCUT2D eigenvalue weighted by atomic mass is 16.7. The molecule has 11 atom stereocenters. The Kier molecular flexibility index (Phi) is 10.7. The number of aromatic hydroxyl groups is 2. The van der Waals surface area contributed by atoms with E-state index in [0.29, 0.717) is 30.4 Å². The summed E-state index contributed by atoms with van der Waals surface area (Å²) in [6.07, 6.45) is -1.55. The fraction of sp³-hybridized carbons (Fsp3) is 0.354. The lowest BCUT2D eigenvalue weighted by molar-refractivity contribution is -0.339. The molecule has 67 heavy (non-hydrogen) atoms. The molecule has 11 N–H and O–H groups in total. The molecule has 2 aliphatic carbocycles. The molecule has 5 heterocycles. The maximum absolute atomic E-state index is 13.0. The summed E-state index contributed by atoms with van der Waals surface area (Å²) >= 11 is 0. The number of hydrogen-bond acceptors (Lipinski definition) is 16. The summed E-state index contributed by atoms with van der Waals surface area (Å²) in [4.78, 5) is 25.4. The Morgan fingerprint density at radius 3 is 2.54 bits per heavy atom. The van der Waals surface area contributed by atoms with Gasteiger partial charge < -0.3 is 69.6 Å². The zero-order valence-electron chi connectivity index (χ0n) is 35.3. The van der Waals surface area contributed by atoms with Gasteiger partial charge in [0.15, 0.2) is 41.1 Å². The summed E-state index contributed by atoms with van der Waals surface area (Å²) < 4.78 is 31.6. The second kappa shape index (κ2) is 16.4. The van der Waals surface area contributed by atoms with Crippen LogP contribution in [0.1, 0.15) is 48.5 Å². The van der Waals surface area contributed by atoms with E-state index in [-0.39, 0.29) is 58.6 Å². The number of rotatable bonds is 9. The number of aliphatic imine (C=N–C) groups is 3. The molecule has 0 amide bonds. The van der Waals surface area contributed by atoms with E-state index < -0.39 is 101 Å². The number of carbonyl (C=O) groups is 1. The van der Waals surface area contributed by atoms with Crippen LogP contribution in [0, 0.1) is 23.7 Å². The third kappa shape index (κ3) is 7.03. The van der Waals surface area contributed by atoms with Crippen LogP contribution < -0.4 is 24.4 Å². The van der Waals surface area contributed by atoms with Crippen molar-refractivity contribution in [3.63, 3.8) is 0 Å². The number of nitrogens with zero attached hydrogens (tertiary/aromatic N) is 3. The number of aliphatic hydroxyl groups is 6. The molecule has 0 aromatic heterocycles. The van der Waals surface area contributed by atoms with Crippen LogP contribution >= 0.6 is 0 Å². The van der Waals surface area contributed by atoms with Crippen LogP contribution in [0.25, 0.3) is 5.76 Å². The maximum atomic E-state index is 13.0. The maximum Gasteiger partial charge on any atom is 0.336 e. The second-order valence-electron chi connectivity index (χ2n) is 17.4. The largest absolute Gasteiger partial charge is 0.508 e. The fourth-order valence-electron chi connectivity index (χ4n) is 10.1. The lowest BCUT2D eigenvalue weighted by Gasteiger charge is -2.57. The zero-order valence-corrected chi connectivity index (χ0v) is 35.3. The molecule has 19 heteroatoms. The third-order valence-corrected chi connectivity index (χ3v) is 13.5. The first kappa shape index (κ1) is 43.8. The number of fused-ring (bicyclic) bond motifs is 4. The molecule has 3 aromatic rings. The highest BCUT2D eigenvalue weighted by Gasteiger charge is 2.72. The lowest BCUT2D eigenvalue weighted by atomic mass is 9.61. The minimum absolute atomic E-state index is 0.0381. The molecule has 1 saturated heterocycles. The van der Waals surface area contributed by atoms with Gasteiger partial charge in [0.2, 0.25) is 12.0 Å². The normalized spacial score (nSPS) is 32.0. The van der Waals surface area contributed by atoms with Gasteiger partial charge in [0.1, 0.15) is 58.3 Å². The van der Waals surface area contributed by atoms with Gasteiger partial charge in [-0.25, -0.2) is 9.79 Å². The Morgan fingerprint density at radius 1 is 1.03 bits per heavy atom. The van der Waals surface area contributed by atoms with Gasteiger partial charge in [0, 0.05) is 36.1 Å². The van der Waals surface area contributed by atoms with Crippen molar-refractivity contribution in [2.75, 3.05) is 13.2 Å². The van der Waals surface area contributed by atoms with Crippen molar-refractivity contribution in [1.82, 2.24) is 0 Å². The molecule has 5 aliphatic heterocycles. The number of hydrogen-bond donors (Lipinski definition) is 10. The van der Waals surface area contributed by atoms with E-state index in [9.17, 15) is 50.8 Å². The first-order valence-corrected chi connectivity index (χ1v) is 21.5. The van der Waals surface area contributed by atoms with Gasteiger partial charge in [0.25, 0.3) is 0 Å². The van der Waals surface area contributed by atoms with E-state index in [1.807, 2.05) is 0 Å². The van der Waals surface area contributed by atoms with Gasteiger partial charge in [-0.2, -0.15) is 0 Å². The number of phenolic OH excluding ortho intramolecular Hbond substituents is 2. The first-order chi connectivity index (χ1) is 32.1. The van der Waals surface area contributed by atoms with Gasteiger partial charge >= 0.3 is 11.8 Å². The van der Waals surface area contributed by atoms with Crippen LogP contribution in [-0.4, -0.2) is 131 Å². The van der Waals surface area contributed by atoms with Crippen molar-refractivity contribution < 1.29 is 79.8 Å². The van der Waals surface area contributed by atoms with E-state index in [4.69, 9.17) is 29.1 Å². The Labute approximate surface area is 381 Å². The van der Waals surface area contributed by atoms with Crippen LogP contribution in [0.15, 0.2) is 99.5 Å². The van der Waals surface area contributed by atoms with Crippen molar-refractivity contribution in [1.29, 1.82) is 0 Å². The quantitative estimate of drug-likeness (QED) is 0.134. The number of ether oxygens (including phenoxy) is 5. The molecular weight excluding hydrogens is 873 g/mol. The number of aliphatic hydroxyl groups excluding tert-OH is 4. The minimum atomic E-state index is -2.75. The summed E-state index contributed by atoms with van der Waals surface area (Å²) in [6, 6.07) is 14.0. The van der Waals surface area contributed by atoms with E-state index in [1.54, 1.807) is 36.4 Å². The molecule has 11 unspecified atom stereocenters. The van der Waals surface area contributed by atoms with E-state index in [0.717, 1.165) is 0 Å². The third-order valence-electron chi connectivity index (χ3n) is 13.5. The van der Waals surface area contributed by atoms with E-state index >= 15 is 0 Å². The molecule has 0 radical (unpaired) electrons. The van der Waals surface area contributed by atoms with Gasteiger partial charge in [-0.15, -0.1) is 0 Å². The van der Waals surface area contributed by atoms with Crippen LogP contribution in [-0.2, 0) is 15.1 Å². The highest BCUT2D eigenvalue weighted by molar-refractivity contribution is 6.15. The van der Waals surface area contributed by atoms with Crippen molar-refractivity contribution in [2.24, 2.45) is 26.8 Å². The van der Waals surface area contributed by atoms with Crippen LogP contribution in [0.5, 0.6) is 34.5 Å². The molecule has 2 bridgehead atoms. The molecule has 0 spiro atoms. The monoisotopic (exact) mass is 917 g/mol. The molecule has 2 fully saturated rings. The molecule has 3 aromatic carbocycles. The van der Waals surface area contributed by atoms with Gasteiger partial charge in [-0.1, -0.05) is 42.2 Å². The van der Waals surface area contributed by atoms with Crippen molar-refractivity contribution in [3.8, 4) is 46.3 Å². The molecule has 19 nitrogen and oxygen atoms in total. The molecule has 10 rings (SSSR count). The fourth-order valence-corrected chi connectivity index (χ4v) is 10.1. The first-order valence-electron chi connectivity index (χ1n) is 21.5. The highest BCUT2D eigenvalue weighted by Crippen LogP contribution is 2.58. The topological polar surface area (TPSA) is 308 Å². The van der Waals surface area contributed by atoms with E-state index in [1.165, 1.54) is 48.8 Å². The Morgan fingerprint density at radius 2 is 1.84 bits per heavy atom. The van der Waals surface area contributed by atoms with Gasteiger partial charge in [-0.3, -0.25) is 10.4 Å².